The summed E-state index contributed by atoms with van der Waals surface area (Å²) in [6, 6.07) is 13.6. The van der Waals surface area contributed by atoms with E-state index in [2.05, 4.69) is 51.8 Å². The maximum atomic E-state index is 12.6. The summed E-state index contributed by atoms with van der Waals surface area (Å²) in [5, 5.41) is 17.1. The van der Waals surface area contributed by atoms with E-state index in [9.17, 15) is 4.79 Å². The van der Waals surface area contributed by atoms with Crippen LogP contribution in [0.3, 0.4) is 0 Å². The summed E-state index contributed by atoms with van der Waals surface area (Å²) >= 11 is 1.35. The fraction of sp³-hybridized carbons (Fsp3) is 0.280. The molecule has 180 valence electrons. The van der Waals surface area contributed by atoms with Gasteiger partial charge in [-0.15, -0.1) is 10.2 Å². The molecule has 0 saturated carbocycles. The maximum Gasteiger partial charge on any atom is 0.234 e. The molecule has 1 N–H and O–H groups in total. The van der Waals surface area contributed by atoms with Gasteiger partial charge in [0.15, 0.2) is 22.5 Å². The Hall–Kier alpha value is -3.79. The van der Waals surface area contributed by atoms with Crippen LogP contribution in [0.4, 0.5) is 5.69 Å². The third kappa shape index (κ3) is 4.88. The Morgan fingerprint density at radius 1 is 1.09 bits per heavy atom. The first-order chi connectivity index (χ1) is 17.0. The smallest absolute Gasteiger partial charge is 0.234 e. The number of fused-ring (bicyclic) bond motifs is 1. The molecule has 0 fully saturated rings. The summed E-state index contributed by atoms with van der Waals surface area (Å²) in [7, 11) is 1.89. The zero-order valence-corrected chi connectivity index (χ0v) is 20.6. The highest BCUT2D eigenvalue weighted by molar-refractivity contribution is 7.99. The second-order valence-corrected chi connectivity index (χ2v) is 9.12. The molecule has 2 aromatic heterocycles. The van der Waals surface area contributed by atoms with Crippen molar-refractivity contribution in [2.45, 2.75) is 25.5 Å². The number of nitrogens with zero attached hydrogens (tertiary/aromatic N) is 5. The molecule has 10 heteroatoms. The summed E-state index contributed by atoms with van der Waals surface area (Å²) in [5.74, 6) is 2.11. The zero-order valence-electron chi connectivity index (χ0n) is 19.8. The van der Waals surface area contributed by atoms with E-state index in [0.29, 0.717) is 42.1 Å². The topological polar surface area (TPSA) is 96.1 Å². The highest BCUT2D eigenvalue weighted by Crippen LogP contribution is 2.34. The highest BCUT2D eigenvalue weighted by Gasteiger charge is 2.21. The molecule has 3 heterocycles. The number of carbonyl (C=O) groups is 1. The van der Waals surface area contributed by atoms with Gasteiger partial charge in [-0.1, -0.05) is 41.6 Å². The van der Waals surface area contributed by atoms with Crippen molar-refractivity contribution in [1.29, 1.82) is 0 Å². The van der Waals surface area contributed by atoms with Crippen LogP contribution in [0.1, 0.15) is 12.5 Å². The zero-order chi connectivity index (χ0) is 24.4. The van der Waals surface area contributed by atoms with Gasteiger partial charge in [0.2, 0.25) is 5.91 Å². The molecule has 0 unspecified atom stereocenters. The SMILES string of the molecule is CCn1c(SCC(=O)Nc2ccc3c(c2)OCCO3)nnc1-c1cn(C)nc1-c1ccc(C)cc1. The number of hydrogen-bond donors (Lipinski definition) is 1. The highest BCUT2D eigenvalue weighted by atomic mass is 32.2. The molecule has 2 aromatic carbocycles. The van der Waals surface area contributed by atoms with Crippen molar-refractivity contribution < 1.29 is 14.3 Å². The van der Waals surface area contributed by atoms with Gasteiger partial charge in [-0.2, -0.15) is 5.10 Å². The van der Waals surface area contributed by atoms with Gasteiger partial charge in [-0.25, -0.2) is 0 Å². The minimum absolute atomic E-state index is 0.138. The third-order valence-corrected chi connectivity index (χ3v) is 6.55. The van der Waals surface area contributed by atoms with Gasteiger partial charge in [-0.05, 0) is 26.0 Å². The Morgan fingerprint density at radius 2 is 1.86 bits per heavy atom. The van der Waals surface area contributed by atoms with E-state index >= 15 is 0 Å². The molecule has 0 aliphatic carbocycles. The van der Waals surface area contributed by atoms with Crippen LogP contribution in [0.2, 0.25) is 0 Å². The molecule has 0 atom stereocenters. The van der Waals surface area contributed by atoms with Crippen molar-refractivity contribution in [3.8, 4) is 34.1 Å². The molecule has 0 bridgehead atoms. The van der Waals surface area contributed by atoms with E-state index in [1.807, 2.05) is 24.7 Å². The molecule has 0 spiro atoms. The van der Waals surface area contributed by atoms with E-state index in [1.54, 1.807) is 22.9 Å². The number of carbonyl (C=O) groups excluding carboxylic acids is 1. The number of benzene rings is 2. The Kier molecular flexibility index (Phi) is 6.45. The predicted octanol–water partition coefficient (Wildman–Crippen LogP) is 4.18. The van der Waals surface area contributed by atoms with E-state index in [1.165, 1.54) is 17.3 Å². The largest absolute Gasteiger partial charge is 0.486 e. The molecule has 4 aromatic rings. The quantitative estimate of drug-likeness (QED) is 0.388. The van der Waals surface area contributed by atoms with Crippen LogP contribution in [0, 0.1) is 6.92 Å². The minimum Gasteiger partial charge on any atom is -0.486 e. The fourth-order valence-corrected chi connectivity index (χ4v) is 4.71. The second kappa shape index (κ2) is 9.83. The van der Waals surface area contributed by atoms with Crippen molar-refractivity contribution in [3.05, 3.63) is 54.2 Å². The Balaban J connectivity index is 1.32. The van der Waals surface area contributed by atoms with Crippen LogP contribution < -0.4 is 14.8 Å². The average Bonchev–Trinajstić information content (AvgIpc) is 3.45. The number of rotatable bonds is 7. The van der Waals surface area contributed by atoms with Gasteiger partial charge in [-0.3, -0.25) is 9.48 Å². The van der Waals surface area contributed by atoms with Crippen molar-refractivity contribution >= 4 is 23.4 Å². The summed E-state index contributed by atoms with van der Waals surface area (Å²) in [5.41, 5.74) is 4.62. The Morgan fingerprint density at radius 3 is 2.63 bits per heavy atom. The lowest BCUT2D eigenvalue weighted by Crippen LogP contribution is -2.17. The van der Waals surface area contributed by atoms with Crippen LogP contribution in [0.15, 0.2) is 53.8 Å². The lowest BCUT2D eigenvalue weighted by Gasteiger charge is -2.19. The number of aromatic nitrogens is 5. The number of nitrogens with one attached hydrogen (secondary N) is 1. The lowest BCUT2D eigenvalue weighted by atomic mass is 10.1. The molecule has 1 amide bonds. The third-order valence-electron chi connectivity index (χ3n) is 5.59. The molecule has 1 aliphatic heterocycles. The van der Waals surface area contributed by atoms with E-state index in [-0.39, 0.29) is 11.7 Å². The number of hydrogen-bond acceptors (Lipinski definition) is 7. The summed E-state index contributed by atoms with van der Waals surface area (Å²) in [4.78, 5) is 12.6. The molecular weight excluding hydrogens is 464 g/mol. The van der Waals surface area contributed by atoms with Crippen molar-refractivity contribution in [2.75, 3.05) is 24.3 Å². The number of aryl methyl sites for hydroxylation is 2. The minimum atomic E-state index is -0.138. The van der Waals surface area contributed by atoms with Crippen LogP contribution >= 0.6 is 11.8 Å². The molecule has 35 heavy (non-hydrogen) atoms. The van der Waals surface area contributed by atoms with Crippen molar-refractivity contribution in [2.24, 2.45) is 7.05 Å². The summed E-state index contributed by atoms with van der Waals surface area (Å²) in [6.45, 7) is 5.79. The van der Waals surface area contributed by atoms with Crippen molar-refractivity contribution in [3.63, 3.8) is 0 Å². The number of thioether (sulfide) groups is 1. The molecule has 0 radical (unpaired) electrons. The first-order valence-electron chi connectivity index (χ1n) is 11.4. The average molecular weight is 491 g/mol. The number of anilines is 1. The maximum absolute atomic E-state index is 12.6. The predicted molar refractivity (Wildman–Crippen MR) is 135 cm³/mol. The molecule has 1 aliphatic rings. The van der Waals surface area contributed by atoms with E-state index < -0.39 is 0 Å². The van der Waals surface area contributed by atoms with Gasteiger partial charge >= 0.3 is 0 Å². The van der Waals surface area contributed by atoms with Gasteiger partial charge in [0, 0.05) is 37.1 Å². The number of ether oxygens (including phenoxy) is 2. The molecular formula is C25H26N6O3S. The summed E-state index contributed by atoms with van der Waals surface area (Å²) in [6.07, 6.45) is 1.95. The first-order valence-corrected chi connectivity index (χ1v) is 12.4. The van der Waals surface area contributed by atoms with Gasteiger partial charge in [0.05, 0.1) is 11.3 Å². The first kappa shape index (κ1) is 23.0. The molecule has 0 saturated heterocycles. The summed E-state index contributed by atoms with van der Waals surface area (Å²) < 4.78 is 14.9. The fourth-order valence-electron chi connectivity index (χ4n) is 3.90. The van der Waals surface area contributed by atoms with Crippen molar-refractivity contribution in [1.82, 2.24) is 24.5 Å². The second-order valence-electron chi connectivity index (χ2n) is 8.18. The molecule has 9 nitrogen and oxygen atoms in total. The van der Waals surface area contributed by atoms with Gasteiger partial charge in [0.25, 0.3) is 0 Å². The van der Waals surface area contributed by atoms with E-state index in [4.69, 9.17) is 9.47 Å². The van der Waals surface area contributed by atoms with Gasteiger partial charge in [0.1, 0.15) is 18.9 Å². The van der Waals surface area contributed by atoms with Gasteiger partial charge < -0.3 is 19.4 Å². The van der Waals surface area contributed by atoms with E-state index in [0.717, 1.165) is 22.6 Å². The normalized spacial score (nSPS) is 12.5. The number of amides is 1. The van der Waals surface area contributed by atoms with Crippen LogP contribution in [0.25, 0.3) is 22.6 Å². The van der Waals surface area contributed by atoms with Crippen LogP contribution in [-0.4, -0.2) is 49.4 Å². The van der Waals surface area contributed by atoms with Crippen LogP contribution in [-0.2, 0) is 18.4 Å². The Labute approximate surface area is 207 Å². The Bertz CT molecular complexity index is 1360. The van der Waals surface area contributed by atoms with Crippen LogP contribution in [0.5, 0.6) is 11.5 Å². The lowest BCUT2D eigenvalue weighted by molar-refractivity contribution is -0.113. The standard InChI is InChI=1S/C25H26N6O3S/c1-4-31-24(19-14-30(3)29-23(19)17-7-5-16(2)6-8-17)27-28-25(31)35-15-22(32)26-18-9-10-20-21(13-18)34-12-11-33-20/h5-10,13-14H,4,11-12,15H2,1-3H3,(H,26,32). The molecule has 5 rings (SSSR count). The monoisotopic (exact) mass is 490 g/mol.